The van der Waals surface area contributed by atoms with Crippen molar-refractivity contribution in [2.45, 2.75) is 19.9 Å². The Kier molecular flexibility index (Phi) is 4.44. The Labute approximate surface area is 153 Å². The smallest absolute Gasteiger partial charge is 0.259 e. The number of ether oxygens (including phenoxy) is 1. The molecule has 26 heavy (non-hydrogen) atoms. The van der Waals surface area contributed by atoms with Crippen molar-refractivity contribution < 1.29 is 9.30 Å². The predicted molar refractivity (Wildman–Crippen MR) is 105 cm³/mol. The molecule has 0 atom stereocenters. The molecule has 1 heterocycles. The summed E-state index contributed by atoms with van der Waals surface area (Å²) in [4.78, 5) is 3.60. The van der Waals surface area contributed by atoms with Crippen molar-refractivity contribution in [3.63, 3.8) is 0 Å². The molecule has 0 fully saturated rings. The van der Waals surface area contributed by atoms with Gasteiger partial charge in [-0.25, -0.2) is 9.55 Å². The fraction of sp³-hybridized carbons (Fsp3) is 0.174. The molecular formula is C23H23N2O+. The van der Waals surface area contributed by atoms with Crippen LogP contribution in [0.3, 0.4) is 0 Å². The summed E-state index contributed by atoms with van der Waals surface area (Å²) in [6.45, 7) is 2.98. The van der Waals surface area contributed by atoms with Crippen molar-refractivity contribution in [1.82, 2.24) is 4.98 Å². The number of nitrogens with one attached hydrogen (secondary N) is 1. The molecule has 3 aromatic carbocycles. The standard InChI is InChI=1S/C23H22N2O/c1-17-7-9-19(10-8-17)16-25-22-6-4-3-5-21(22)24-23(25)15-18-11-13-20(26-2)14-12-18/h3-14H,15-16H2,1-2H3/p+1. The van der Waals surface area contributed by atoms with Crippen LogP contribution in [0.25, 0.3) is 11.0 Å². The number of rotatable bonds is 5. The normalized spacial score (nSPS) is 11.0. The first-order valence-electron chi connectivity index (χ1n) is 8.91. The van der Waals surface area contributed by atoms with Gasteiger partial charge in [-0.3, -0.25) is 0 Å². The van der Waals surface area contributed by atoms with Gasteiger partial charge in [0.1, 0.15) is 12.3 Å². The second-order valence-electron chi connectivity index (χ2n) is 6.69. The number of aromatic amines is 1. The van der Waals surface area contributed by atoms with Crippen LogP contribution in [0.5, 0.6) is 5.75 Å². The zero-order valence-corrected chi connectivity index (χ0v) is 15.2. The third-order valence-corrected chi connectivity index (χ3v) is 4.79. The lowest BCUT2D eigenvalue weighted by molar-refractivity contribution is -0.669. The number of imidazole rings is 1. The molecule has 1 aromatic heterocycles. The number of para-hydroxylation sites is 2. The number of aromatic nitrogens is 2. The summed E-state index contributed by atoms with van der Waals surface area (Å²) in [6.07, 6.45) is 0.852. The van der Waals surface area contributed by atoms with Crippen molar-refractivity contribution >= 4 is 11.0 Å². The first-order valence-corrected chi connectivity index (χ1v) is 8.91. The van der Waals surface area contributed by atoms with Crippen LogP contribution in [0, 0.1) is 6.92 Å². The minimum Gasteiger partial charge on any atom is -0.497 e. The Hall–Kier alpha value is -3.07. The van der Waals surface area contributed by atoms with E-state index in [4.69, 9.17) is 4.74 Å². The van der Waals surface area contributed by atoms with E-state index < -0.39 is 0 Å². The first kappa shape index (κ1) is 16.4. The fourth-order valence-electron chi connectivity index (χ4n) is 3.32. The molecule has 1 N–H and O–H groups in total. The van der Waals surface area contributed by atoms with Crippen molar-refractivity contribution in [1.29, 1.82) is 0 Å². The number of methoxy groups -OCH3 is 1. The maximum absolute atomic E-state index is 5.27. The van der Waals surface area contributed by atoms with Crippen molar-refractivity contribution in [2.24, 2.45) is 0 Å². The van der Waals surface area contributed by atoms with Gasteiger partial charge in [-0.2, -0.15) is 0 Å². The molecule has 0 aliphatic carbocycles. The van der Waals surface area contributed by atoms with Crippen molar-refractivity contribution in [3.8, 4) is 5.75 Å². The molecule has 3 nitrogen and oxygen atoms in total. The van der Waals surface area contributed by atoms with E-state index in [0.717, 1.165) is 18.7 Å². The summed E-state index contributed by atoms with van der Waals surface area (Å²) < 4.78 is 7.65. The van der Waals surface area contributed by atoms with Gasteiger partial charge in [-0.05, 0) is 42.3 Å². The topological polar surface area (TPSA) is 28.9 Å². The van der Waals surface area contributed by atoms with Gasteiger partial charge in [-0.15, -0.1) is 0 Å². The lowest BCUT2D eigenvalue weighted by Gasteiger charge is -2.05. The molecule has 130 valence electrons. The number of nitrogens with zero attached hydrogens (tertiary/aromatic N) is 1. The minimum absolute atomic E-state index is 0.852. The maximum Gasteiger partial charge on any atom is 0.259 e. The van der Waals surface area contributed by atoms with Crippen LogP contribution >= 0.6 is 0 Å². The molecular weight excluding hydrogens is 320 g/mol. The predicted octanol–water partition coefficient (Wildman–Crippen LogP) is 4.41. The fourth-order valence-corrected chi connectivity index (χ4v) is 3.32. The molecule has 4 rings (SSSR count). The van der Waals surface area contributed by atoms with Crippen LogP contribution in [0.2, 0.25) is 0 Å². The summed E-state index contributed by atoms with van der Waals surface area (Å²) in [6, 6.07) is 25.5. The van der Waals surface area contributed by atoms with Crippen LogP contribution in [0.1, 0.15) is 22.5 Å². The third-order valence-electron chi connectivity index (χ3n) is 4.79. The maximum atomic E-state index is 5.27. The van der Waals surface area contributed by atoms with Crippen LogP contribution < -0.4 is 9.30 Å². The van der Waals surface area contributed by atoms with Gasteiger partial charge in [0.2, 0.25) is 0 Å². The number of hydrogen-bond donors (Lipinski definition) is 1. The van der Waals surface area contributed by atoms with Crippen LogP contribution in [-0.2, 0) is 13.0 Å². The molecule has 0 radical (unpaired) electrons. The summed E-state index contributed by atoms with van der Waals surface area (Å²) in [7, 11) is 1.70. The highest BCUT2D eigenvalue weighted by Crippen LogP contribution is 2.16. The molecule has 3 heteroatoms. The quantitative estimate of drug-likeness (QED) is 0.534. The Balaban J connectivity index is 1.71. The molecule has 4 aromatic rings. The summed E-state index contributed by atoms with van der Waals surface area (Å²) in [5, 5.41) is 0. The van der Waals surface area contributed by atoms with Crippen LogP contribution in [0.4, 0.5) is 0 Å². The molecule has 0 saturated carbocycles. The number of hydrogen-bond acceptors (Lipinski definition) is 1. The lowest BCUT2D eigenvalue weighted by atomic mass is 10.1. The second-order valence-corrected chi connectivity index (χ2v) is 6.69. The van der Waals surface area contributed by atoms with E-state index in [0.29, 0.717) is 0 Å². The average Bonchev–Trinajstić information content (AvgIpc) is 3.01. The van der Waals surface area contributed by atoms with E-state index >= 15 is 0 Å². The Morgan fingerprint density at radius 1 is 0.846 bits per heavy atom. The number of aryl methyl sites for hydroxylation is 1. The van der Waals surface area contributed by atoms with Gasteiger partial charge in [0.25, 0.3) is 5.82 Å². The minimum atomic E-state index is 0.852. The number of H-pyrrole nitrogens is 1. The molecule has 0 saturated heterocycles. The number of benzene rings is 3. The first-order chi connectivity index (χ1) is 12.7. The van der Waals surface area contributed by atoms with Gasteiger partial charge < -0.3 is 4.74 Å². The molecule has 0 aliphatic heterocycles. The van der Waals surface area contributed by atoms with Gasteiger partial charge in [-0.1, -0.05) is 54.1 Å². The third kappa shape index (κ3) is 3.33. The Bertz CT molecular complexity index is 1010. The van der Waals surface area contributed by atoms with Gasteiger partial charge in [0.05, 0.1) is 13.5 Å². The van der Waals surface area contributed by atoms with Gasteiger partial charge in [0.15, 0.2) is 11.0 Å². The van der Waals surface area contributed by atoms with Gasteiger partial charge in [0, 0.05) is 0 Å². The Morgan fingerprint density at radius 3 is 2.27 bits per heavy atom. The van der Waals surface area contributed by atoms with E-state index in [-0.39, 0.29) is 0 Å². The molecule has 0 amide bonds. The van der Waals surface area contributed by atoms with Crippen LogP contribution in [0.15, 0.2) is 72.8 Å². The summed E-state index contributed by atoms with van der Waals surface area (Å²) in [5.74, 6) is 2.09. The molecule has 0 spiro atoms. The highest BCUT2D eigenvalue weighted by Gasteiger charge is 2.18. The van der Waals surface area contributed by atoms with Crippen LogP contribution in [-0.4, -0.2) is 12.1 Å². The zero-order chi connectivity index (χ0) is 17.9. The van der Waals surface area contributed by atoms with E-state index in [1.54, 1.807) is 7.11 Å². The van der Waals surface area contributed by atoms with E-state index in [9.17, 15) is 0 Å². The molecule has 0 bridgehead atoms. The van der Waals surface area contributed by atoms with Crippen molar-refractivity contribution in [3.05, 3.63) is 95.3 Å². The van der Waals surface area contributed by atoms with Crippen molar-refractivity contribution in [2.75, 3.05) is 7.11 Å². The van der Waals surface area contributed by atoms with E-state index in [1.165, 1.54) is 33.5 Å². The Morgan fingerprint density at radius 2 is 1.54 bits per heavy atom. The number of fused-ring (bicyclic) bond motifs is 1. The molecule has 0 aliphatic rings. The molecule has 0 unspecified atom stereocenters. The highest BCUT2D eigenvalue weighted by atomic mass is 16.5. The highest BCUT2D eigenvalue weighted by molar-refractivity contribution is 5.71. The average molecular weight is 343 g/mol. The summed E-state index contributed by atoms with van der Waals surface area (Å²) in [5.41, 5.74) is 6.26. The second kappa shape index (κ2) is 7.04. The monoisotopic (exact) mass is 343 g/mol. The van der Waals surface area contributed by atoms with Gasteiger partial charge >= 0.3 is 0 Å². The zero-order valence-electron chi connectivity index (χ0n) is 15.2. The largest absolute Gasteiger partial charge is 0.497 e. The summed E-state index contributed by atoms with van der Waals surface area (Å²) >= 11 is 0. The SMILES string of the molecule is COc1ccc(Cc2[nH]c3ccccc3[n+]2Cc2ccc(C)cc2)cc1. The van der Waals surface area contributed by atoms with E-state index in [1.807, 2.05) is 12.1 Å². The van der Waals surface area contributed by atoms with E-state index in [2.05, 4.69) is 77.1 Å². The lowest BCUT2D eigenvalue weighted by Crippen LogP contribution is -2.37.